The molecular weight excluding hydrogens is 332 g/mol. The number of carbonyl (C=O) groups excluding carboxylic acids is 1. The largest absolute Gasteiger partial charge is 0.497 e. The third-order valence-corrected chi connectivity index (χ3v) is 4.75. The summed E-state index contributed by atoms with van der Waals surface area (Å²) in [5.41, 5.74) is 7.33. The Hall–Kier alpha value is -2.83. The summed E-state index contributed by atoms with van der Waals surface area (Å²) < 4.78 is 10.6. The first kappa shape index (κ1) is 18.0. The van der Waals surface area contributed by atoms with Crippen LogP contribution in [0, 0.1) is 12.8 Å². The predicted octanol–water partition coefficient (Wildman–Crippen LogP) is 2.48. The molecule has 2 N–H and O–H groups in total. The number of aryl methyl sites for hydroxylation is 1. The standard InChI is InChI=1S/C19H24N4O3/c1-12-10-21-19(22-18(12)20)23-8-4-5-13(11-23)17(24)15-7-6-14(25-2)9-16(15)26-3/h6-7,9-10,13H,4-5,8,11H2,1-3H3,(H2,20,21,22). The Kier molecular flexibility index (Phi) is 5.25. The number of benzene rings is 1. The number of hydrogen-bond donors (Lipinski definition) is 1. The molecule has 0 spiro atoms. The van der Waals surface area contributed by atoms with Crippen LogP contribution in [0.1, 0.15) is 28.8 Å². The fourth-order valence-electron chi connectivity index (χ4n) is 3.19. The molecule has 0 radical (unpaired) electrons. The molecule has 0 bridgehead atoms. The molecule has 3 rings (SSSR count). The molecule has 0 amide bonds. The highest BCUT2D eigenvalue weighted by molar-refractivity contribution is 6.00. The maximum atomic E-state index is 13.1. The van der Waals surface area contributed by atoms with Crippen LogP contribution in [0.2, 0.25) is 0 Å². The summed E-state index contributed by atoms with van der Waals surface area (Å²) in [4.78, 5) is 23.8. The number of carbonyl (C=O) groups is 1. The van der Waals surface area contributed by atoms with E-state index in [-0.39, 0.29) is 11.7 Å². The van der Waals surface area contributed by atoms with Crippen LogP contribution >= 0.6 is 0 Å². The normalized spacial score (nSPS) is 17.0. The number of ether oxygens (including phenoxy) is 2. The lowest BCUT2D eigenvalue weighted by Crippen LogP contribution is -2.39. The molecule has 0 saturated carbocycles. The maximum Gasteiger partial charge on any atom is 0.227 e. The van der Waals surface area contributed by atoms with Gasteiger partial charge in [-0.3, -0.25) is 4.79 Å². The number of anilines is 2. The van der Waals surface area contributed by atoms with Gasteiger partial charge in [0.05, 0.1) is 19.8 Å². The van der Waals surface area contributed by atoms with Gasteiger partial charge in [0.25, 0.3) is 0 Å². The van der Waals surface area contributed by atoms with Crippen molar-refractivity contribution < 1.29 is 14.3 Å². The lowest BCUT2D eigenvalue weighted by atomic mass is 9.89. The Morgan fingerprint density at radius 1 is 1.31 bits per heavy atom. The van der Waals surface area contributed by atoms with Gasteiger partial charge in [-0.2, -0.15) is 4.98 Å². The van der Waals surface area contributed by atoms with E-state index in [2.05, 4.69) is 9.97 Å². The Labute approximate surface area is 153 Å². The second kappa shape index (κ2) is 7.59. The minimum atomic E-state index is -0.142. The highest BCUT2D eigenvalue weighted by Crippen LogP contribution is 2.30. The van der Waals surface area contributed by atoms with Gasteiger partial charge in [0, 0.05) is 36.8 Å². The monoisotopic (exact) mass is 356 g/mol. The molecule has 1 fully saturated rings. The molecular formula is C19H24N4O3. The van der Waals surface area contributed by atoms with E-state index in [0.717, 1.165) is 24.9 Å². The Morgan fingerprint density at radius 2 is 2.12 bits per heavy atom. The summed E-state index contributed by atoms with van der Waals surface area (Å²) >= 11 is 0. The number of aromatic nitrogens is 2. The van der Waals surface area contributed by atoms with Crippen LogP contribution in [-0.2, 0) is 0 Å². The lowest BCUT2D eigenvalue weighted by molar-refractivity contribution is 0.0903. The van der Waals surface area contributed by atoms with Gasteiger partial charge >= 0.3 is 0 Å². The van der Waals surface area contributed by atoms with Gasteiger partial charge < -0.3 is 20.1 Å². The molecule has 0 aliphatic carbocycles. The first-order valence-electron chi connectivity index (χ1n) is 8.63. The Morgan fingerprint density at radius 3 is 2.81 bits per heavy atom. The van der Waals surface area contributed by atoms with Crippen LogP contribution < -0.4 is 20.1 Å². The Bertz CT molecular complexity index is 809. The second-order valence-corrected chi connectivity index (χ2v) is 6.45. The van der Waals surface area contributed by atoms with E-state index in [4.69, 9.17) is 15.2 Å². The minimum Gasteiger partial charge on any atom is -0.497 e. The summed E-state index contributed by atoms with van der Waals surface area (Å²) in [7, 11) is 3.14. The second-order valence-electron chi connectivity index (χ2n) is 6.45. The van der Waals surface area contributed by atoms with Crippen molar-refractivity contribution in [2.24, 2.45) is 5.92 Å². The van der Waals surface area contributed by atoms with Crippen molar-refractivity contribution in [1.82, 2.24) is 9.97 Å². The fourth-order valence-corrected chi connectivity index (χ4v) is 3.19. The summed E-state index contributed by atoms with van der Waals surface area (Å²) in [6.45, 7) is 3.25. The SMILES string of the molecule is COc1ccc(C(=O)C2CCCN(c3ncc(C)c(N)n3)C2)c(OC)c1. The highest BCUT2D eigenvalue weighted by Gasteiger charge is 2.29. The molecule has 7 nitrogen and oxygen atoms in total. The molecule has 1 atom stereocenters. The molecule has 1 unspecified atom stereocenters. The van der Waals surface area contributed by atoms with E-state index in [1.54, 1.807) is 38.6 Å². The van der Waals surface area contributed by atoms with Gasteiger partial charge in [0.15, 0.2) is 5.78 Å². The summed E-state index contributed by atoms with van der Waals surface area (Å²) in [5, 5.41) is 0. The van der Waals surface area contributed by atoms with Crippen molar-refractivity contribution in [1.29, 1.82) is 0 Å². The molecule has 138 valence electrons. The topological polar surface area (TPSA) is 90.6 Å². The first-order chi connectivity index (χ1) is 12.5. The zero-order valence-corrected chi connectivity index (χ0v) is 15.4. The number of nitrogens with zero attached hydrogens (tertiary/aromatic N) is 3. The van der Waals surface area contributed by atoms with Crippen LogP contribution in [0.3, 0.4) is 0 Å². The van der Waals surface area contributed by atoms with Crippen LogP contribution in [0.4, 0.5) is 11.8 Å². The van der Waals surface area contributed by atoms with Gasteiger partial charge in [-0.1, -0.05) is 0 Å². The molecule has 1 aliphatic heterocycles. The molecule has 2 aromatic rings. The number of nitrogens with two attached hydrogens (primary N) is 1. The average molecular weight is 356 g/mol. The summed E-state index contributed by atoms with van der Waals surface area (Å²) in [6.07, 6.45) is 3.44. The van der Waals surface area contributed by atoms with Crippen LogP contribution in [0.15, 0.2) is 24.4 Å². The average Bonchev–Trinajstić information content (AvgIpc) is 2.69. The van der Waals surface area contributed by atoms with Crippen molar-refractivity contribution in [3.05, 3.63) is 35.5 Å². The van der Waals surface area contributed by atoms with Gasteiger partial charge in [-0.15, -0.1) is 0 Å². The van der Waals surface area contributed by atoms with Gasteiger partial charge in [-0.05, 0) is 31.9 Å². The summed E-state index contributed by atoms with van der Waals surface area (Å²) in [6, 6.07) is 5.27. The predicted molar refractivity (Wildman–Crippen MR) is 100.0 cm³/mol. The van der Waals surface area contributed by atoms with Crippen molar-refractivity contribution in [2.75, 3.05) is 37.9 Å². The Balaban J connectivity index is 1.81. The summed E-state index contributed by atoms with van der Waals surface area (Å²) in [5.74, 6) is 2.16. The van der Waals surface area contributed by atoms with Crippen molar-refractivity contribution in [2.45, 2.75) is 19.8 Å². The lowest BCUT2D eigenvalue weighted by Gasteiger charge is -2.32. The van der Waals surface area contributed by atoms with Crippen molar-refractivity contribution in [3.63, 3.8) is 0 Å². The van der Waals surface area contributed by atoms with E-state index in [1.165, 1.54) is 0 Å². The van der Waals surface area contributed by atoms with Crippen molar-refractivity contribution in [3.8, 4) is 11.5 Å². The molecule has 26 heavy (non-hydrogen) atoms. The van der Waals surface area contributed by atoms with Gasteiger partial charge in [-0.25, -0.2) is 4.98 Å². The molecule has 1 aromatic heterocycles. The smallest absolute Gasteiger partial charge is 0.227 e. The molecule has 1 saturated heterocycles. The molecule has 7 heteroatoms. The highest BCUT2D eigenvalue weighted by atomic mass is 16.5. The number of hydrogen-bond acceptors (Lipinski definition) is 7. The number of methoxy groups -OCH3 is 2. The van der Waals surface area contributed by atoms with E-state index < -0.39 is 0 Å². The van der Waals surface area contributed by atoms with E-state index >= 15 is 0 Å². The minimum absolute atomic E-state index is 0.0642. The van der Waals surface area contributed by atoms with Crippen molar-refractivity contribution >= 4 is 17.5 Å². The molecule has 1 aromatic carbocycles. The van der Waals surface area contributed by atoms with Crippen LogP contribution in [0.25, 0.3) is 0 Å². The third-order valence-electron chi connectivity index (χ3n) is 4.75. The number of rotatable bonds is 5. The molecule has 1 aliphatic rings. The van der Waals surface area contributed by atoms with E-state index in [9.17, 15) is 4.79 Å². The van der Waals surface area contributed by atoms with E-state index in [1.807, 2.05) is 11.8 Å². The van der Waals surface area contributed by atoms with Gasteiger partial charge in [0.2, 0.25) is 5.95 Å². The first-order valence-corrected chi connectivity index (χ1v) is 8.63. The quantitative estimate of drug-likeness (QED) is 0.823. The zero-order chi connectivity index (χ0) is 18.7. The number of Topliss-reactive ketones (excluding diaryl/α,β-unsaturated/α-hetero) is 1. The zero-order valence-electron chi connectivity index (χ0n) is 15.4. The molecule has 2 heterocycles. The maximum absolute atomic E-state index is 13.1. The number of ketones is 1. The number of piperidine rings is 1. The fraction of sp³-hybridized carbons (Fsp3) is 0.421. The third kappa shape index (κ3) is 3.56. The van der Waals surface area contributed by atoms with Crippen LogP contribution in [0.5, 0.6) is 11.5 Å². The van der Waals surface area contributed by atoms with Gasteiger partial charge in [0.1, 0.15) is 17.3 Å². The van der Waals surface area contributed by atoms with Crippen LogP contribution in [-0.4, -0.2) is 43.1 Å². The number of nitrogen functional groups attached to an aromatic ring is 1. The van der Waals surface area contributed by atoms with E-state index in [0.29, 0.717) is 35.4 Å².